The molecule has 1 saturated carbocycles. The van der Waals surface area contributed by atoms with Crippen molar-refractivity contribution in [2.45, 2.75) is 32.2 Å². The second-order valence-corrected chi connectivity index (χ2v) is 7.94. The number of hydrogen-bond acceptors (Lipinski definition) is 4. The first-order valence-corrected chi connectivity index (χ1v) is 10.7. The largest absolute Gasteiger partial charge is 0.326 e. The molecule has 32 heavy (non-hydrogen) atoms. The van der Waals surface area contributed by atoms with Gasteiger partial charge in [0.1, 0.15) is 12.1 Å². The lowest BCUT2D eigenvalue weighted by molar-refractivity contribution is 0.227. The van der Waals surface area contributed by atoms with E-state index in [0.29, 0.717) is 36.1 Å². The maximum absolute atomic E-state index is 14.6. The molecule has 5 rings (SSSR count). The Morgan fingerprint density at radius 3 is 2.75 bits per heavy atom. The number of nitrogens with zero attached hydrogens (tertiary/aromatic N) is 5. The van der Waals surface area contributed by atoms with Crippen LogP contribution in [0.1, 0.15) is 37.8 Å². The Labute approximate surface area is 185 Å². The summed E-state index contributed by atoms with van der Waals surface area (Å²) in [5.74, 6) is 0.0871. The molecule has 0 unspecified atom stereocenters. The molecule has 0 atom stereocenters. The van der Waals surface area contributed by atoms with Gasteiger partial charge in [0.05, 0.1) is 12.1 Å². The van der Waals surface area contributed by atoms with E-state index in [4.69, 9.17) is 0 Å². The zero-order valence-electron chi connectivity index (χ0n) is 17.7. The van der Waals surface area contributed by atoms with Gasteiger partial charge in [-0.25, -0.2) is 9.18 Å². The Hall–Kier alpha value is -3.81. The smallest absolute Gasteiger partial charge is 0.310 e. The summed E-state index contributed by atoms with van der Waals surface area (Å²) in [6.45, 7) is 2.46. The van der Waals surface area contributed by atoms with Crippen LogP contribution in [0.25, 0.3) is 17.0 Å². The van der Waals surface area contributed by atoms with Gasteiger partial charge in [0.25, 0.3) is 0 Å². The van der Waals surface area contributed by atoms with Crippen molar-refractivity contribution in [2.75, 3.05) is 11.9 Å². The number of carbonyl (C=O) groups excluding carboxylic acids is 1. The van der Waals surface area contributed by atoms with Crippen molar-refractivity contribution in [1.29, 1.82) is 0 Å². The fraction of sp³-hybridized carbons (Fsp3) is 0.250. The molecule has 1 fully saturated rings. The summed E-state index contributed by atoms with van der Waals surface area (Å²) in [6.07, 6.45) is 11.9. The molecule has 1 N–H and O–H groups in total. The van der Waals surface area contributed by atoms with E-state index in [1.165, 1.54) is 6.07 Å². The number of halogens is 1. The Balaban J connectivity index is 1.38. The van der Waals surface area contributed by atoms with Gasteiger partial charge in [-0.15, -0.1) is 10.2 Å². The van der Waals surface area contributed by atoms with Crippen LogP contribution in [0.4, 0.5) is 14.9 Å². The van der Waals surface area contributed by atoms with E-state index in [9.17, 15) is 9.18 Å². The molecule has 162 valence electrons. The number of hydrogen-bond donors (Lipinski definition) is 1. The van der Waals surface area contributed by atoms with E-state index in [1.54, 1.807) is 35.8 Å². The monoisotopic (exact) mass is 430 g/mol. The molecule has 0 spiro atoms. The van der Waals surface area contributed by atoms with E-state index >= 15 is 0 Å². The van der Waals surface area contributed by atoms with Crippen LogP contribution < -0.4 is 5.32 Å². The Morgan fingerprint density at radius 2 is 2.00 bits per heavy atom. The first-order valence-electron chi connectivity index (χ1n) is 10.7. The average Bonchev–Trinajstić information content (AvgIpc) is 3.56. The van der Waals surface area contributed by atoms with E-state index in [0.717, 1.165) is 29.7 Å². The molecule has 2 amide bonds. The number of benzene rings is 1. The highest BCUT2D eigenvalue weighted by molar-refractivity contribution is 5.93. The molecule has 7 nitrogen and oxygen atoms in total. The molecule has 2 aromatic heterocycles. The number of carbonyl (C=O) groups is 1. The summed E-state index contributed by atoms with van der Waals surface area (Å²) in [6, 6.07) is 8.44. The van der Waals surface area contributed by atoms with Crippen LogP contribution in [0.3, 0.4) is 0 Å². The molecule has 2 aliphatic rings. The van der Waals surface area contributed by atoms with Gasteiger partial charge in [-0.2, -0.15) is 0 Å². The topological polar surface area (TPSA) is 75.9 Å². The third kappa shape index (κ3) is 3.91. The number of nitrogens with one attached hydrogen (secondary N) is 1. The highest BCUT2D eigenvalue weighted by Crippen LogP contribution is 2.38. The molecule has 1 aliphatic carbocycles. The maximum Gasteiger partial charge on any atom is 0.326 e. The van der Waals surface area contributed by atoms with Gasteiger partial charge in [-0.05, 0) is 66.8 Å². The predicted octanol–water partition coefficient (Wildman–Crippen LogP) is 5.04. The Bertz CT molecular complexity index is 1210. The van der Waals surface area contributed by atoms with Crippen molar-refractivity contribution in [1.82, 2.24) is 24.6 Å². The number of anilines is 1. The summed E-state index contributed by atoms with van der Waals surface area (Å²) in [7, 11) is 0. The summed E-state index contributed by atoms with van der Waals surface area (Å²) < 4.78 is 16.5. The molecule has 3 aromatic rings. The first kappa shape index (κ1) is 20.1. The standard InChI is InChI=1S/C24H23FN6O/c1-2-19-5-3-17(16-9-11-26-12-10-16)14-30(19)24(32)28-18-4-8-22(25)21(13-18)23-29-27-15-31(23)20-6-7-20/h3-5,8-13,15,20H,2,6-7,14H2,1H3,(H,28,32). The van der Waals surface area contributed by atoms with Crippen LogP contribution in [0.15, 0.2) is 66.9 Å². The van der Waals surface area contributed by atoms with Crippen molar-refractivity contribution in [3.63, 3.8) is 0 Å². The van der Waals surface area contributed by atoms with Gasteiger partial charge >= 0.3 is 6.03 Å². The quantitative estimate of drug-likeness (QED) is 0.615. The van der Waals surface area contributed by atoms with Crippen LogP contribution in [0.5, 0.6) is 0 Å². The van der Waals surface area contributed by atoms with Gasteiger partial charge < -0.3 is 9.88 Å². The number of amides is 2. The molecule has 1 aliphatic heterocycles. The normalized spacial score (nSPS) is 15.9. The molecular formula is C24H23FN6O. The molecule has 0 bridgehead atoms. The van der Waals surface area contributed by atoms with E-state index in [2.05, 4.69) is 20.5 Å². The van der Waals surface area contributed by atoms with Crippen molar-refractivity contribution in [2.24, 2.45) is 0 Å². The first-order chi connectivity index (χ1) is 15.6. The van der Waals surface area contributed by atoms with Gasteiger partial charge in [0.2, 0.25) is 0 Å². The predicted molar refractivity (Wildman–Crippen MR) is 120 cm³/mol. The third-order valence-corrected chi connectivity index (χ3v) is 5.78. The molecule has 3 heterocycles. The molecule has 0 radical (unpaired) electrons. The summed E-state index contributed by atoms with van der Waals surface area (Å²) >= 11 is 0. The summed E-state index contributed by atoms with van der Waals surface area (Å²) in [4.78, 5) is 19.0. The Morgan fingerprint density at radius 1 is 1.19 bits per heavy atom. The second-order valence-electron chi connectivity index (χ2n) is 7.94. The zero-order valence-corrected chi connectivity index (χ0v) is 17.7. The number of urea groups is 1. The molecule has 1 aromatic carbocycles. The fourth-order valence-corrected chi connectivity index (χ4v) is 3.90. The van der Waals surface area contributed by atoms with Crippen molar-refractivity contribution >= 4 is 17.3 Å². The summed E-state index contributed by atoms with van der Waals surface area (Å²) in [5.41, 5.74) is 3.79. The summed E-state index contributed by atoms with van der Waals surface area (Å²) in [5, 5.41) is 11.0. The second kappa shape index (κ2) is 8.37. The minimum Gasteiger partial charge on any atom is -0.310 e. The van der Waals surface area contributed by atoms with E-state index in [-0.39, 0.29) is 6.03 Å². The van der Waals surface area contributed by atoms with Crippen LogP contribution in [0.2, 0.25) is 0 Å². The van der Waals surface area contributed by atoms with Crippen LogP contribution >= 0.6 is 0 Å². The molecule has 8 heteroatoms. The lowest BCUT2D eigenvalue weighted by Crippen LogP contribution is -2.36. The van der Waals surface area contributed by atoms with Crippen molar-refractivity contribution in [3.05, 3.63) is 78.3 Å². The SMILES string of the molecule is CCC1=CC=C(c2ccncc2)CN1C(=O)Nc1ccc(F)c(-c2nncn2C2CC2)c1. The van der Waals surface area contributed by atoms with Crippen molar-refractivity contribution < 1.29 is 9.18 Å². The zero-order chi connectivity index (χ0) is 22.1. The van der Waals surface area contributed by atoms with Crippen LogP contribution in [-0.4, -0.2) is 37.2 Å². The maximum atomic E-state index is 14.6. The number of pyridine rings is 1. The number of aromatic nitrogens is 4. The van der Waals surface area contributed by atoms with Gasteiger partial charge in [0, 0.05) is 29.8 Å². The van der Waals surface area contributed by atoms with Gasteiger partial charge in [-0.1, -0.05) is 13.0 Å². The van der Waals surface area contributed by atoms with Gasteiger partial charge in [0.15, 0.2) is 5.82 Å². The van der Waals surface area contributed by atoms with Crippen molar-refractivity contribution in [3.8, 4) is 11.4 Å². The fourth-order valence-electron chi connectivity index (χ4n) is 3.90. The average molecular weight is 430 g/mol. The molecular weight excluding hydrogens is 407 g/mol. The minimum atomic E-state index is -0.395. The third-order valence-electron chi connectivity index (χ3n) is 5.78. The Kier molecular flexibility index (Phi) is 5.26. The van der Waals surface area contributed by atoms with Crippen LogP contribution in [0, 0.1) is 5.82 Å². The minimum absolute atomic E-state index is 0.265. The number of rotatable bonds is 5. The lowest BCUT2D eigenvalue weighted by Gasteiger charge is -2.29. The van der Waals surface area contributed by atoms with E-state index < -0.39 is 5.82 Å². The number of allylic oxidation sites excluding steroid dienone is 3. The van der Waals surface area contributed by atoms with Crippen LogP contribution in [-0.2, 0) is 0 Å². The van der Waals surface area contributed by atoms with Gasteiger partial charge in [-0.3, -0.25) is 9.88 Å². The highest BCUT2D eigenvalue weighted by Gasteiger charge is 2.28. The lowest BCUT2D eigenvalue weighted by atomic mass is 10.0. The molecule has 0 saturated heterocycles. The highest BCUT2D eigenvalue weighted by atomic mass is 19.1. The van der Waals surface area contributed by atoms with E-state index in [1.807, 2.05) is 35.8 Å².